The molecule has 0 spiro atoms. The maximum Gasteiger partial charge on any atom is 0.303 e. The molecule has 12 heavy (non-hydrogen) atoms. The van der Waals surface area contributed by atoms with Gasteiger partial charge in [0.25, 0.3) is 0 Å². The third-order valence-electron chi connectivity index (χ3n) is 2.05. The molecule has 0 aromatic carbocycles. The third-order valence-corrected chi connectivity index (χ3v) is 2.05. The van der Waals surface area contributed by atoms with Crippen molar-refractivity contribution in [2.75, 3.05) is 0 Å². The van der Waals surface area contributed by atoms with Crippen LogP contribution in [0.2, 0.25) is 0 Å². The lowest BCUT2D eigenvalue weighted by Crippen LogP contribution is -2.04. The average Bonchev–Trinajstić information content (AvgIpc) is 2.40. The molecule has 0 aromatic heterocycles. The molecule has 3 N–H and O–H groups in total. The molecule has 1 unspecified atom stereocenters. The standard InChI is InChI=1S/C8H12O2.H4NP/c1-6-3-2-4-7(6)5-8(9)10;1-2/h7H,1-5H2,(H,9,10);1-2H2/t7-;/m1./s1. The van der Waals surface area contributed by atoms with Crippen molar-refractivity contribution in [2.45, 2.75) is 25.7 Å². The van der Waals surface area contributed by atoms with Crippen molar-refractivity contribution < 1.29 is 9.90 Å². The maximum absolute atomic E-state index is 10.3. The van der Waals surface area contributed by atoms with Gasteiger partial charge in [0.2, 0.25) is 0 Å². The third kappa shape index (κ3) is 3.84. The minimum atomic E-state index is -0.701. The lowest BCUT2D eigenvalue weighted by molar-refractivity contribution is -0.137. The van der Waals surface area contributed by atoms with Crippen molar-refractivity contribution in [3.05, 3.63) is 12.2 Å². The first-order chi connectivity index (χ1) is 5.70. The summed E-state index contributed by atoms with van der Waals surface area (Å²) in [6, 6.07) is 0. The number of allylic oxidation sites excluding steroid dienone is 1. The Bertz CT molecular complexity index is 170. The van der Waals surface area contributed by atoms with Crippen molar-refractivity contribution in [1.29, 1.82) is 0 Å². The van der Waals surface area contributed by atoms with E-state index >= 15 is 0 Å². The van der Waals surface area contributed by atoms with E-state index in [9.17, 15) is 4.79 Å². The van der Waals surface area contributed by atoms with Crippen LogP contribution >= 0.6 is 9.39 Å². The van der Waals surface area contributed by atoms with Crippen LogP contribution in [0.3, 0.4) is 0 Å². The predicted octanol–water partition coefficient (Wildman–Crippen LogP) is 1.55. The molecule has 1 aliphatic rings. The van der Waals surface area contributed by atoms with Crippen molar-refractivity contribution in [2.24, 2.45) is 11.4 Å². The van der Waals surface area contributed by atoms with Gasteiger partial charge in [-0.15, -0.1) is 0 Å². The van der Waals surface area contributed by atoms with Crippen LogP contribution in [0.25, 0.3) is 0 Å². The number of carboxylic acids is 1. The summed E-state index contributed by atoms with van der Waals surface area (Å²) in [5, 5.41) is 8.45. The van der Waals surface area contributed by atoms with Gasteiger partial charge in [-0.1, -0.05) is 21.5 Å². The summed E-state index contributed by atoms with van der Waals surface area (Å²) in [7, 11) is 1.92. The highest BCUT2D eigenvalue weighted by Gasteiger charge is 2.21. The summed E-state index contributed by atoms with van der Waals surface area (Å²) in [6.45, 7) is 3.83. The van der Waals surface area contributed by atoms with E-state index in [-0.39, 0.29) is 12.3 Å². The Morgan fingerprint density at radius 1 is 1.75 bits per heavy atom. The van der Waals surface area contributed by atoms with E-state index in [0.29, 0.717) is 0 Å². The molecule has 1 saturated carbocycles. The van der Waals surface area contributed by atoms with Crippen molar-refractivity contribution in [3.8, 4) is 0 Å². The fourth-order valence-corrected chi connectivity index (χ4v) is 1.44. The predicted molar refractivity (Wildman–Crippen MR) is 52.6 cm³/mol. The summed E-state index contributed by atoms with van der Waals surface area (Å²) in [5.74, 6) is -0.439. The molecule has 0 saturated heterocycles. The fraction of sp³-hybridized carbons (Fsp3) is 0.625. The Labute approximate surface area is 75.3 Å². The molecule has 2 atom stereocenters. The second-order valence-electron chi connectivity index (χ2n) is 2.85. The quantitative estimate of drug-likeness (QED) is 0.511. The van der Waals surface area contributed by atoms with Crippen LogP contribution < -0.4 is 5.50 Å². The summed E-state index contributed by atoms with van der Waals surface area (Å²) in [4.78, 5) is 10.3. The zero-order chi connectivity index (χ0) is 9.56. The molecule has 0 aromatic rings. The molecule has 1 aliphatic carbocycles. The maximum atomic E-state index is 10.3. The lowest BCUT2D eigenvalue weighted by Gasteiger charge is -2.05. The van der Waals surface area contributed by atoms with Crippen LogP contribution in [0.4, 0.5) is 0 Å². The van der Waals surface area contributed by atoms with Gasteiger partial charge in [0.05, 0.1) is 6.42 Å². The molecule has 0 radical (unpaired) electrons. The van der Waals surface area contributed by atoms with Crippen LogP contribution in [-0.4, -0.2) is 11.1 Å². The van der Waals surface area contributed by atoms with Gasteiger partial charge in [-0.3, -0.25) is 4.79 Å². The Kier molecular flexibility index (Phi) is 5.95. The zero-order valence-corrected chi connectivity index (χ0v) is 8.28. The Morgan fingerprint density at radius 2 is 2.33 bits per heavy atom. The zero-order valence-electron chi connectivity index (χ0n) is 7.12. The number of hydrogen-bond acceptors (Lipinski definition) is 2. The highest BCUT2D eigenvalue weighted by atomic mass is 31.0. The van der Waals surface area contributed by atoms with Crippen molar-refractivity contribution >= 4 is 15.4 Å². The van der Waals surface area contributed by atoms with E-state index in [4.69, 9.17) is 5.11 Å². The van der Waals surface area contributed by atoms with Gasteiger partial charge in [0, 0.05) is 0 Å². The molecule has 1 fully saturated rings. The topological polar surface area (TPSA) is 63.3 Å². The summed E-state index contributed by atoms with van der Waals surface area (Å²) < 4.78 is 0. The van der Waals surface area contributed by atoms with E-state index in [2.05, 4.69) is 12.1 Å². The second kappa shape index (κ2) is 6.15. The molecule has 0 amide bonds. The Balaban J connectivity index is 0.000000561. The van der Waals surface area contributed by atoms with Gasteiger partial charge in [0.15, 0.2) is 0 Å². The van der Waals surface area contributed by atoms with E-state index in [1.54, 1.807) is 0 Å². The molecule has 1 rings (SSSR count). The first kappa shape index (κ1) is 11.6. The average molecular weight is 189 g/mol. The molecule has 0 bridgehead atoms. The van der Waals surface area contributed by atoms with Gasteiger partial charge in [-0.05, 0) is 25.2 Å². The molecular formula is C8H16NO2P. The van der Waals surface area contributed by atoms with Gasteiger partial charge < -0.3 is 10.6 Å². The highest BCUT2D eigenvalue weighted by molar-refractivity contribution is 7.13. The van der Waals surface area contributed by atoms with E-state index in [1.807, 2.05) is 9.39 Å². The van der Waals surface area contributed by atoms with Crippen molar-refractivity contribution in [1.82, 2.24) is 0 Å². The smallest absolute Gasteiger partial charge is 0.303 e. The SMILES string of the molecule is C=C1CCC[C@@H]1CC(=O)O.NP. The van der Waals surface area contributed by atoms with Gasteiger partial charge in [0.1, 0.15) is 0 Å². The lowest BCUT2D eigenvalue weighted by atomic mass is 10.0. The normalized spacial score (nSPS) is 21.5. The molecule has 0 heterocycles. The minimum Gasteiger partial charge on any atom is -0.481 e. The molecule has 4 heteroatoms. The second-order valence-corrected chi connectivity index (χ2v) is 2.85. The first-order valence-corrected chi connectivity index (χ1v) is 4.59. The van der Waals surface area contributed by atoms with E-state index in [1.165, 1.54) is 0 Å². The van der Waals surface area contributed by atoms with Crippen LogP contribution in [-0.2, 0) is 4.79 Å². The van der Waals surface area contributed by atoms with Gasteiger partial charge >= 0.3 is 5.97 Å². The number of nitrogens with two attached hydrogens (primary N) is 1. The van der Waals surface area contributed by atoms with Crippen LogP contribution in [0.15, 0.2) is 12.2 Å². The fourth-order valence-electron chi connectivity index (χ4n) is 1.44. The number of carbonyl (C=O) groups is 1. The largest absolute Gasteiger partial charge is 0.481 e. The number of aliphatic carboxylic acids is 1. The summed E-state index contributed by atoms with van der Waals surface area (Å²) in [5.41, 5.74) is 5.54. The molecule has 0 aliphatic heterocycles. The number of carboxylic acid groups (broad SMARTS) is 1. The molecule has 70 valence electrons. The van der Waals surface area contributed by atoms with Crippen LogP contribution in [0, 0.1) is 5.92 Å². The van der Waals surface area contributed by atoms with Crippen LogP contribution in [0.1, 0.15) is 25.7 Å². The highest BCUT2D eigenvalue weighted by Crippen LogP contribution is 2.31. The van der Waals surface area contributed by atoms with Crippen molar-refractivity contribution in [3.63, 3.8) is 0 Å². The molecule has 3 nitrogen and oxygen atoms in total. The molecular weight excluding hydrogens is 173 g/mol. The van der Waals surface area contributed by atoms with Gasteiger partial charge in [-0.25, -0.2) is 0 Å². The Hall–Kier alpha value is -0.400. The summed E-state index contributed by atoms with van der Waals surface area (Å²) in [6.07, 6.45) is 3.44. The summed E-state index contributed by atoms with van der Waals surface area (Å²) >= 11 is 0. The number of rotatable bonds is 2. The monoisotopic (exact) mass is 189 g/mol. The first-order valence-electron chi connectivity index (χ1n) is 3.93. The van der Waals surface area contributed by atoms with Gasteiger partial charge in [-0.2, -0.15) is 0 Å². The minimum absolute atomic E-state index is 0.262. The van der Waals surface area contributed by atoms with E-state index < -0.39 is 5.97 Å². The Morgan fingerprint density at radius 3 is 2.67 bits per heavy atom. The van der Waals surface area contributed by atoms with E-state index in [0.717, 1.165) is 24.8 Å². The number of hydrogen-bond donors (Lipinski definition) is 2. The van der Waals surface area contributed by atoms with Crippen LogP contribution in [0.5, 0.6) is 0 Å².